The third-order valence-electron chi connectivity index (χ3n) is 3.95. The van der Waals surface area contributed by atoms with Gasteiger partial charge in [-0.1, -0.05) is 12.1 Å². The Morgan fingerprint density at radius 1 is 1.17 bits per heavy atom. The smallest absolute Gasteiger partial charge is 0.137 e. The molecule has 0 bridgehead atoms. The standard InChI is InChI=1S/C19H22N4O/c1-15(21-11-13-24-19-4-3-9-20-14-19)17-5-7-18(8-6-17)23-12-10-22-16(23)2/h3-10,12,14-15,21H,11,13H2,1-2H3/t15-/m1/s1. The van der Waals surface area contributed by atoms with E-state index in [1.807, 2.05) is 31.5 Å². The highest BCUT2D eigenvalue weighted by molar-refractivity contribution is 5.36. The van der Waals surface area contributed by atoms with Crippen molar-refractivity contribution < 1.29 is 4.74 Å². The van der Waals surface area contributed by atoms with E-state index in [-0.39, 0.29) is 6.04 Å². The van der Waals surface area contributed by atoms with Crippen molar-refractivity contribution in [3.63, 3.8) is 0 Å². The minimum Gasteiger partial charge on any atom is -0.491 e. The summed E-state index contributed by atoms with van der Waals surface area (Å²) < 4.78 is 7.71. The molecule has 1 aromatic carbocycles. The van der Waals surface area contributed by atoms with Gasteiger partial charge in [-0.25, -0.2) is 4.98 Å². The number of hydrogen-bond acceptors (Lipinski definition) is 4. The average Bonchev–Trinajstić information content (AvgIpc) is 3.05. The first-order valence-corrected chi connectivity index (χ1v) is 8.10. The van der Waals surface area contributed by atoms with Gasteiger partial charge in [0.05, 0.1) is 6.20 Å². The second-order valence-electron chi connectivity index (χ2n) is 5.65. The van der Waals surface area contributed by atoms with E-state index in [9.17, 15) is 0 Å². The molecule has 124 valence electrons. The molecular formula is C19H22N4O. The summed E-state index contributed by atoms with van der Waals surface area (Å²) in [5.41, 5.74) is 2.37. The predicted molar refractivity (Wildman–Crippen MR) is 94.5 cm³/mol. The molecule has 0 radical (unpaired) electrons. The van der Waals surface area contributed by atoms with Crippen LogP contribution in [0.4, 0.5) is 0 Å². The second-order valence-corrected chi connectivity index (χ2v) is 5.65. The molecule has 0 fully saturated rings. The quantitative estimate of drug-likeness (QED) is 0.678. The zero-order valence-corrected chi connectivity index (χ0v) is 14.0. The molecule has 0 saturated carbocycles. The molecule has 0 aliphatic carbocycles. The molecule has 1 N–H and O–H groups in total. The van der Waals surface area contributed by atoms with Gasteiger partial charge in [0.2, 0.25) is 0 Å². The van der Waals surface area contributed by atoms with Crippen LogP contribution < -0.4 is 10.1 Å². The summed E-state index contributed by atoms with van der Waals surface area (Å²) in [6, 6.07) is 12.6. The summed E-state index contributed by atoms with van der Waals surface area (Å²) in [6.45, 7) is 5.54. The Hall–Kier alpha value is -2.66. The fourth-order valence-corrected chi connectivity index (χ4v) is 2.57. The molecule has 5 nitrogen and oxygen atoms in total. The molecule has 3 rings (SSSR count). The number of ether oxygens (including phenoxy) is 1. The minimum atomic E-state index is 0.264. The van der Waals surface area contributed by atoms with Crippen LogP contribution >= 0.6 is 0 Å². The van der Waals surface area contributed by atoms with Gasteiger partial charge < -0.3 is 14.6 Å². The zero-order chi connectivity index (χ0) is 16.8. The van der Waals surface area contributed by atoms with Crippen LogP contribution in [0, 0.1) is 6.92 Å². The first-order valence-electron chi connectivity index (χ1n) is 8.10. The predicted octanol–water partition coefficient (Wildman–Crippen LogP) is 3.31. The van der Waals surface area contributed by atoms with Crippen molar-refractivity contribution in [3.8, 4) is 11.4 Å². The number of hydrogen-bond donors (Lipinski definition) is 1. The van der Waals surface area contributed by atoms with Gasteiger partial charge in [0, 0.05) is 36.9 Å². The summed E-state index contributed by atoms with van der Waals surface area (Å²) in [7, 11) is 0. The monoisotopic (exact) mass is 322 g/mol. The molecular weight excluding hydrogens is 300 g/mol. The van der Waals surface area contributed by atoms with Crippen molar-refractivity contribution in [1.82, 2.24) is 19.9 Å². The van der Waals surface area contributed by atoms with Crippen molar-refractivity contribution in [2.45, 2.75) is 19.9 Å². The Morgan fingerprint density at radius 2 is 2.00 bits per heavy atom. The number of rotatable bonds is 7. The lowest BCUT2D eigenvalue weighted by Gasteiger charge is -2.15. The van der Waals surface area contributed by atoms with Gasteiger partial charge >= 0.3 is 0 Å². The number of pyridine rings is 1. The number of aromatic nitrogens is 3. The van der Waals surface area contributed by atoms with Crippen LogP contribution in [-0.2, 0) is 0 Å². The molecule has 24 heavy (non-hydrogen) atoms. The van der Waals surface area contributed by atoms with Gasteiger partial charge in [-0.05, 0) is 43.7 Å². The van der Waals surface area contributed by atoms with E-state index in [2.05, 4.69) is 51.0 Å². The molecule has 0 aliphatic heterocycles. The number of benzene rings is 1. The molecule has 3 aromatic rings. The van der Waals surface area contributed by atoms with Crippen molar-refractivity contribution in [2.75, 3.05) is 13.2 Å². The number of aryl methyl sites for hydroxylation is 1. The maximum Gasteiger partial charge on any atom is 0.137 e. The van der Waals surface area contributed by atoms with Crippen LogP contribution in [0.5, 0.6) is 5.75 Å². The summed E-state index contributed by atoms with van der Waals surface area (Å²) in [4.78, 5) is 8.29. The topological polar surface area (TPSA) is 52.0 Å². The molecule has 0 aliphatic rings. The highest BCUT2D eigenvalue weighted by atomic mass is 16.5. The molecule has 5 heteroatoms. The third-order valence-corrected chi connectivity index (χ3v) is 3.95. The fraction of sp³-hybridized carbons (Fsp3) is 0.263. The van der Waals surface area contributed by atoms with Gasteiger partial charge in [0.25, 0.3) is 0 Å². The normalized spacial score (nSPS) is 12.1. The van der Waals surface area contributed by atoms with E-state index < -0.39 is 0 Å². The summed E-state index contributed by atoms with van der Waals surface area (Å²) in [5.74, 6) is 1.79. The van der Waals surface area contributed by atoms with Crippen LogP contribution in [0.3, 0.4) is 0 Å². The molecule has 2 heterocycles. The Balaban J connectivity index is 1.50. The number of nitrogens with zero attached hydrogens (tertiary/aromatic N) is 3. The lowest BCUT2D eigenvalue weighted by atomic mass is 10.1. The Kier molecular flexibility index (Phi) is 5.23. The van der Waals surface area contributed by atoms with Gasteiger partial charge in [0.1, 0.15) is 18.2 Å². The van der Waals surface area contributed by atoms with Crippen LogP contribution in [-0.4, -0.2) is 27.7 Å². The first-order chi connectivity index (χ1) is 11.7. The summed E-state index contributed by atoms with van der Waals surface area (Å²) in [6.07, 6.45) is 7.25. The third kappa shape index (κ3) is 4.00. The van der Waals surface area contributed by atoms with E-state index in [0.29, 0.717) is 6.61 Å². The maximum atomic E-state index is 5.64. The molecule has 0 unspecified atom stereocenters. The van der Waals surface area contributed by atoms with Gasteiger partial charge in [-0.2, -0.15) is 0 Å². The lowest BCUT2D eigenvalue weighted by molar-refractivity contribution is 0.306. The van der Waals surface area contributed by atoms with Gasteiger partial charge in [-0.3, -0.25) is 4.98 Å². The SMILES string of the molecule is Cc1nccn1-c1ccc([C@@H](C)NCCOc2cccnc2)cc1. The van der Waals surface area contributed by atoms with Gasteiger partial charge in [0.15, 0.2) is 0 Å². The molecule has 0 spiro atoms. The highest BCUT2D eigenvalue weighted by Gasteiger charge is 2.06. The molecule has 0 saturated heterocycles. The van der Waals surface area contributed by atoms with Crippen LogP contribution in [0.15, 0.2) is 61.2 Å². The Bertz CT molecular complexity index is 753. The highest BCUT2D eigenvalue weighted by Crippen LogP contribution is 2.16. The fourth-order valence-electron chi connectivity index (χ4n) is 2.57. The van der Waals surface area contributed by atoms with Crippen molar-refractivity contribution in [3.05, 3.63) is 72.6 Å². The first kappa shape index (κ1) is 16.2. The second kappa shape index (κ2) is 7.75. The minimum absolute atomic E-state index is 0.264. The molecule has 2 aromatic heterocycles. The largest absolute Gasteiger partial charge is 0.491 e. The van der Waals surface area contributed by atoms with Crippen molar-refractivity contribution in [2.24, 2.45) is 0 Å². The van der Waals surface area contributed by atoms with Crippen LogP contribution in [0.1, 0.15) is 24.4 Å². The van der Waals surface area contributed by atoms with Crippen LogP contribution in [0.25, 0.3) is 5.69 Å². The molecule has 1 atom stereocenters. The number of imidazole rings is 1. The zero-order valence-electron chi connectivity index (χ0n) is 14.0. The van der Waals surface area contributed by atoms with E-state index in [1.165, 1.54) is 5.56 Å². The van der Waals surface area contributed by atoms with E-state index >= 15 is 0 Å². The van der Waals surface area contributed by atoms with Crippen molar-refractivity contribution >= 4 is 0 Å². The Labute approximate surface area is 142 Å². The Morgan fingerprint density at radius 3 is 2.67 bits per heavy atom. The van der Waals surface area contributed by atoms with E-state index in [4.69, 9.17) is 4.74 Å². The van der Waals surface area contributed by atoms with Crippen LogP contribution in [0.2, 0.25) is 0 Å². The van der Waals surface area contributed by atoms with E-state index in [1.54, 1.807) is 12.4 Å². The number of nitrogens with one attached hydrogen (secondary N) is 1. The van der Waals surface area contributed by atoms with Crippen molar-refractivity contribution in [1.29, 1.82) is 0 Å². The maximum absolute atomic E-state index is 5.64. The molecule has 0 amide bonds. The lowest BCUT2D eigenvalue weighted by Crippen LogP contribution is -2.24. The average molecular weight is 322 g/mol. The summed E-state index contributed by atoms with van der Waals surface area (Å²) >= 11 is 0. The summed E-state index contributed by atoms with van der Waals surface area (Å²) in [5, 5.41) is 3.47. The van der Waals surface area contributed by atoms with Gasteiger partial charge in [-0.15, -0.1) is 0 Å². The van der Waals surface area contributed by atoms with E-state index in [0.717, 1.165) is 23.8 Å².